The van der Waals surface area contributed by atoms with Gasteiger partial charge in [-0.25, -0.2) is 0 Å². The molecule has 0 heterocycles. The van der Waals surface area contributed by atoms with Crippen LogP contribution in [0.15, 0.2) is 47.5 Å². The number of fused-ring (bicyclic) bond motifs is 3. The second-order valence-electron chi connectivity index (χ2n) is 9.82. The first-order valence-electron chi connectivity index (χ1n) is 11.4. The van der Waals surface area contributed by atoms with E-state index in [2.05, 4.69) is 0 Å². The monoisotopic (exact) mass is 442 g/mol. The quantitative estimate of drug-likeness (QED) is 0.549. The van der Waals surface area contributed by atoms with Crippen molar-refractivity contribution in [2.24, 2.45) is 23.7 Å². The summed E-state index contributed by atoms with van der Waals surface area (Å²) in [5.41, 5.74) is 4.78. The molecule has 168 valence electrons. The topological polar surface area (TPSA) is 88.5 Å². The molecule has 5 heteroatoms. The summed E-state index contributed by atoms with van der Waals surface area (Å²) in [6, 6.07) is 11.3. The van der Waals surface area contributed by atoms with Gasteiger partial charge in [0.15, 0.2) is 23.1 Å². The van der Waals surface area contributed by atoms with E-state index in [-0.39, 0.29) is 40.3 Å². The average Bonchev–Trinajstić information content (AvgIpc) is 2.73. The molecular weight excluding hydrogens is 416 g/mol. The average molecular weight is 443 g/mol. The summed E-state index contributed by atoms with van der Waals surface area (Å²) < 4.78 is 0. The number of aryl methyl sites for hydroxylation is 1. The molecule has 5 rings (SSSR count). The maximum atomic E-state index is 13.6. The number of aromatic hydroxyl groups is 1. The van der Waals surface area contributed by atoms with E-state index in [1.165, 1.54) is 13.0 Å². The molecule has 2 aromatic carbocycles. The molecule has 1 N–H and O–H groups in total. The number of ketones is 4. The number of rotatable bonds is 2. The molecule has 0 spiro atoms. The number of carbonyl (C=O) groups is 4. The Balaban J connectivity index is 1.60. The largest absolute Gasteiger partial charge is 0.507 e. The molecule has 1 saturated carbocycles. The van der Waals surface area contributed by atoms with E-state index in [0.717, 1.165) is 27.8 Å². The molecule has 1 fully saturated rings. The van der Waals surface area contributed by atoms with E-state index in [4.69, 9.17) is 0 Å². The van der Waals surface area contributed by atoms with E-state index in [0.29, 0.717) is 19.3 Å². The summed E-state index contributed by atoms with van der Waals surface area (Å²) in [7, 11) is 0. The second-order valence-corrected chi connectivity index (χ2v) is 9.82. The van der Waals surface area contributed by atoms with Gasteiger partial charge in [-0.15, -0.1) is 0 Å². The Hall–Kier alpha value is -3.34. The molecule has 3 aliphatic rings. The molecule has 33 heavy (non-hydrogen) atoms. The summed E-state index contributed by atoms with van der Waals surface area (Å²) in [4.78, 5) is 52.4. The van der Waals surface area contributed by atoms with Crippen molar-refractivity contribution < 1.29 is 24.3 Å². The van der Waals surface area contributed by atoms with Crippen molar-refractivity contribution in [3.8, 4) is 16.9 Å². The number of phenolic OH excluding ortho intramolecular Hbond substituents is 1. The van der Waals surface area contributed by atoms with Crippen molar-refractivity contribution >= 4 is 23.1 Å². The van der Waals surface area contributed by atoms with Crippen LogP contribution in [0.25, 0.3) is 11.1 Å². The summed E-state index contributed by atoms with van der Waals surface area (Å²) in [6.45, 7) is 5.14. The van der Waals surface area contributed by atoms with Crippen molar-refractivity contribution in [2.45, 2.75) is 40.0 Å². The Morgan fingerprint density at radius 3 is 2.33 bits per heavy atom. The Morgan fingerprint density at radius 1 is 0.939 bits per heavy atom. The molecule has 0 amide bonds. The lowest BCUT2D eigenvalue weighted by atomic mass is 9.56. The lowest BCUT2D eigenvalue weighted by Gasteiger charge is -2.44. The van der Waals surface area contributed by atoms with Crippen LogP contribution in [0, 0.1) is 30.6 Å². The number of hydrogen-bond acceptors (Lipinski definition) is 5. The zero-order valence-electron chi connectivity index (χ0n) is 19.0. The van der Waals surface area contributed by atoms with E-state index >= 15 is 0 Å². The smallest absolute Gasteiger partial charge is 0.177 e. The van der Waals surface area contributed by atoms with Crippen molar-refractivity contribution in [1.29, 1.82) is 0 Å². The lowest BCUT2D eigenvalue weighted by Crippen LogP contribution is -2.52. The summed E-state index contributed by atoms with van der Waals surface area (Å²) in [5.74, 6) is -3.98. The first-order chi connectivity index (χ1) is 15.7. The zero-order valence-corrected chi connectivity index (χ0v) is 19.0. The first kappa shape index (κ1) is 21.5. The van der Waals surface area contributed by atoms with Crippen LogP contribution in [-0.2, 0) is 20.8 Å². The van der Waals surface area contributed by atoms with Gasteiger partial charge in [0.1, 0.15) is 5.75 Å². The highest BCUT2D eigenvalue weighted by molar-refractivity contribution is 6.28. The number of benzene rings is 2. The van der Waals surface area contributed by atoms with Crippen LogP contribution in [0.5, 0.6) is 5.75 Å². The van der Waals surface area contributed by atoms with E-state index in [9.17, 15) is 24.3 Å². The highest BCUT2D eigenvalue weighted by Crippen LogP contribution is 2.50. The molecule has 4 atom stereocenters. The highest BCUT2D eigenvalue weighted by Gasteiger charge is 2.54. The zero-order chi connectivity index (χ0) is 23.6. The van der Waals surface area contributed by atoms with Gasteiger partial charge in [-0.3, -0.25) is 19.2 Å². The molecule has 0 aliphatic heterocycles. The maximum absolute atomic E-state index is 13.6. The van der Waals surface area contributed by atoms with E-state index < -0.39 is 23.4 Å². The minimum absolute atomic E-state index is 0.122. The number of Topliss-reactive ketones (excluding diaryl/α,β-unsaturated/α-hetero) is 4. The Labute approximate surface area is 192 Å². The van der Waals surface area contributed by atoms with Crippen LogP contribution in [0.2, 0.25) is 0 Å². The third-order valence-corrected chi connectivity index (χ3v) is 7.65. The van der Waals surface area contributed by atoms with Gasteiger partial charge in [-0.1, -0.05) is 41.5 Å². The predicted molar refractivity (Wildman–Crippen MR) is 123 cm³/mol. The standard InChI is InChI=1S/C28H26O5/c1-13-5-4-6-16(9-13)19-7-8-21(30)25-20(19)12-18-11-17-10-14(2)22(15(3)29)26(31)23(17)27(32)24(18)28(25)33/h4-9,17-18,23-24,30H,10-12H2,1-3H3. The summed E-state index contributed by atoms with van der Waals surface area (Å²) >= 11 is 0. The van der Waals surface area contributed by atoms with Crippen molar-refractivity contribution in [1.82, 2.24) is 0 Å². The van der Waals surface area contributed by atoms with Crippen LogP contribution < -0.4 is 0 Å². The highest BCUT2D eigenvalue weighted by atomic mass is 16.3. The normalized spacial score (nSPS) is 26.6. The number of carbonyl (C=O) groups excluding carboxylic acids is 4. The third-order valence-electron chi connectivity index (χ3n) is 7.65. The molecule has 3 aliphatic carbocycles. The number of hydrogen-bond donors (Lipinski definition) is 1. The van der Waals surface area contributed by atoms with Gasteiger partial charge >= 0.3 is 0 Å². The first-order valence-corrected chi connectivity index (χ1v) is 11.4. The molecule has 5 nitrogen and oxygen atoms in total. The SMILES string of the molecule is CC(=O)C1=C(C)CC2CC3Cc4c(-c5cccc(C)c5)ccc(O)c4C(=O)C3C(=O)C2C1=O. The Bertz CT molecular complexity index is 1280. The van der Waals surface area contributed by atoms with Gasteiger partial charge in [0.2, 0.25) is 0 Å². The van der Waals surface area contributed by atoms with Crippen LogP contribution >= 0.6 is 0 Å². The van der Waals surface area contributed by atoms with Gasteiger partial charge in [-0.05, 0) is 74.6 Å². The molecular formula is C28H26O5. The second kappa shape index (κ2) is 7.62. The molecule has 2 aromatic rings. The molecule has 0 bridgehead atoms. The third kappa shape index (κ3) is 3.21. The molecule has 0 saturated heterocycles. The van der Waals surface area contributed by atoms with Crippen LogP contribution in [0.4, 0.5) is 0 Å². The van der Waals surface area contributed by atoms with Gasteiger partial charge in [0.05, 0.1) is 23.0 Å². The van der Waals surface area contributed by atoms with E-state index in [1.54, 1.807) is 6.92 Å². The fraction of sp³-hybridized carbons (Fsp3) is 0.357. The molecule has 0 radical (unpaired) electrons. The van der Waals surface area contributed by atoms with Gasteiger partial charge in [0.25, 0.3) is 0 Å². The lowest BCUT2D eigenvalue weighted by molar-refractivity contribution is -0.140. The summed E-state index contributed by atoms with van der Waals surface area (Å²) in [5, 5.41) is 10.6. The van der Waals surface area contributed by atoms with Crippen LogP contribution in [0.1, 0.15) is 48.2 Å². The Morgan fingerprint density at radius 2 is 1.64 bits per heavy atom. The van der Waals surface area contributed by atoms with Crippen molar-refractivity contribution in [2.75, 3.05) is 0 Å². The van der Waals surface area contributed by atoms with E-state index in [1.807, 2.05) is 37.3 Å². The van der Waals surface area contributed by atoms with Crippen molar-refractivity contribution in [3.63, 3.8) is 0 Å². The van der Waals surface area contributed by atoms with Crippen LogP contribution in [0.3, 0.4) is 0 Å². The fourth-order valence-corrected chi connectivity index (χ4v) is 6.37. The summed E-state index contributed by atoms with van der Waals surface area (Å²) in [6.07, 6.45) is 1.59. The maximum Gasteiger partial charge on any atom is 0.177 e. The van der Waals surface area contributed by atoms with Crippen LogP contribution in [-0.4, -0.2) is 28.2 Å². The molecule has 4 unspecified atom stereocenters. The van der Waals surface area contributed by atoms with Gasteiger partial charge in [-0.2, -0.15) is 0 Å². The van der Waals surface area contributed by atoms with Gasteiger partial charge < -0.3 is 5.11 Å². The number of phenols is 1. The number of allylic oxidation sites excluding steroid dienone is 2. The fourth-order valence-electron chi connectivity index (χ4n) is 6.37. The van der Waals surface area contributed by atoms with Crippen molar-refractivity contribution in [3.05, 3.63) is 64.2 Å². The van der Waals surface area contributed by atoms with Gasteiger partial charge in [0, 0.05) is 0 Å². The molecule has 0 aromatic heterocycles. The predicted octanol–water partition coefficient (Wildman–Crippen LogP) is 4.42. The minimum atomic E-state index is -0.951. The minimum Gasteiger partial charge on any atom is -0.507 e. The Kier molecular flexibility index (Phi) is 4.96.